The summed E-state index contributed by atoms with van der Waals surface area (Å²) < 4.78 is 1.34. The summed E-state index contributed by atoms with van der Waals surface area (Å²) in [6.45, 7) is 4.44. The molecule has 66 valence electrons. The van der Waals surface area contributed by atoms with Gasteiger partial charge in [0.05, 0.1) is 0 Å². The molecule has 0 amide bonds. The molecule has 0 saturated carbocycles. The molecule has 0 bridgehead atoms. The second kappa shape index (κ2) is 4.85. The molecule has 0 nitrogen and oxygen atoms in total. The molecule has 0 aliphatic heterocycles. The van der Waals surface area contributed by atoms with Gasteiger partial charge in [-0.25, -0.2) is 0 Å². The zero-order valence-corrected chi connectivity index (χ0v) is 9.89. The van der Waals surface area contributed by atoms with E-state index in [0.717, 1.165) is 0 Å². The quantitative estimate of drug-likeness (QED) is 0.732. The molecule has 1 rings (SSSR count). The molecule has 0 aliphatic carbocycles. The number of unbranched alkanes of at least 4 members (excludes halogenated alkanes) is 1. The van der Waals surface area contributed by atoms with Crippen LogP contribution in [-0.2, 0) is 6.42 Å². The van der Waals surface area contributed by atoms with Crippen molar-refractivity contribution in [2.24, 2.45) is 0 Å². The Morgan fingerprint density at radius 3 is 2.67 bits per heavy atom. The largest absolute Gasteiger partial charge is 0.0654 e. The van der Waals surface area contributed by atoms with Crippen LogP contribution < -0.4 is 0 Å². The van der Waals surface area contributed by atoms with E-state index in [-0.39, 0.29) is 0 Å². The zero-order valence-electron chi connectivity index (χ0n) is 7.73. The van der Waals surface area contributed by atoms with Crippen LogP contribution in [0.3, 0.4) is 0 Å². The van der Waals surface area contributed by atoms with Gasteiger partial charge in [-0.05, 0) is 65.6 Å². The first-order chi connectivity index (χ1) is 5.74. The lowest BCUT2D eigenvalue weighted by molar-refractivity contribution is 0.791. The fourth-order valence-corrected chi connectivity index (χ4v) is 1.95. The van der Waals surface area contributed by atoms with Crippen molar-refractivity contribution in [1.82, 2.24) is 0 Å². The van der Waals surface area contributed by atoms with Crippen LogP contribution >= 0.6 is 22.6 Å². The second-order valence-corrected chi connectivity index (χ2v) is 4.42. The monoisotopic (exact) mass is 274 g/mol. The highest BCUT2D eigenvalue weighted by atomic mass is 127. The van der Waals surface area contributed by atoms with Crippen LogP contribution in [0.5, 0.6) is 0 Å². The molecule has 0 aromatic heterocycles. The van der Waals surface area contributed by atoms with Crippen molar-refractivity contribution in [2.75, 3.05) is 0 Å². The lowest BCUT2D eigenvalue weighted by atomic mass is 10.0. The summed E-state index contributed by atoms with van der Waals surface area (Å²) in [7, 11) is 0. The Morgan fingerprint density at radius 2 is 2.08 bits per heavy atom. The van der Waals surface area contributed by atoms with Gasteiger partial charge < -0.3 is 0 Å². The van der Waals surface area contributed by atoms with Crippen LogP contribution in [0.25, 0.3) is 0 Å². The number of halogens is 1. The third-order valence-corrected chi connectivity index (χ3v) is 2.78. The van der Waals surface area contributed by atoms with Crippen molar-refractivity contribution < 1.29 is 0 Å². The van der Waals surface area contributed by atoms with E-state index in [9.17, 15) is 0 Å². The van der Waals surface area contributed by atoms with Gasteiger partial charge in [-0.2, -0.15) is 0 Å². The van der Waals surface area contributed by atoms with Crippen LogP contribution in [0.4, 0.5) is 0 Å². The van der Waals surface area contributed by atoms with E-state index in [1.54, 1.807) is 0 Å². The van der Waals surface area contributed by atoms with Crippen LogP contribution in [-0.4, -0.2) is 0 Å². The van der Waals surface area contributed by atoms with Gasteiger partial charge in [0, 0.05) is 3.57 Å². The maximum absolute atomic E-state index is 2.36. The number of hydrogen-bond acceptors (Lipinski definition) is 0. The van der Waals surface area contributed by atoms with Gasteiger partial charge in [0.1, 0.15) is 0 Å². The van der Waals surface area contributed by atoms with E-state index < -0.39 is 0 Å². The van der Waals surface area contributed by atoms with E-state index >= 15 is 0 Å². The average Bonchev–Trinajstić information content (AvgIpc) is 2.03. The highest BCUT2D eigenvalue weighted by molar-refractivity contribution is 14.1. The van der Waals surface area contributed by atoms with E-state index in [1.165, 1.54) is 34.0 Å². The molecule has 0 unspecified atom stereocenters. The highest BCUT2D eigenvalue weighted by Crippen LogP contribution is 2.14. The molecule has 0 aliphatic rings. The van der Waals surface area contributed by atoms with Crippen molar-refractivity contribution in [3.05, 3.63) is 32.9 Å². The van der Waals surface area contributed by atoms with Crippen molar-refractivity contribution >= 4 is 22.6 Å². The Hall–Kier alpha value is -0.0500. The van der Waals surface area contributed by atoms with Gasteiger partial charge in [0.2, 0.25) is 0 Å². The first-order valence-electron chi connectivity index (χ1n) is 4.49. The van der Waals surface area contributed by atoms with E-state index in [0.29, 0.717) is 0 Å². The Labute approximate surface area is 88.5 Å². The maximum Gasteiger partial charge on any atom is 0.0133 e. The van der Waals surface area contributed by atoms with Crippen molar-refractivity contribution in [3.8, 4) is 0 Å². The summed E-state index contributed by atoms with van der Waals surface area (Å²) >= 11 is 2.36. The van der Waals surface area contributed by atoms with E-state index in [2.05, 4.69) is 54.6 Å². The van der Waals surface area contributed by atoms with Gasteiger partial charge >= 0.3 is 0 Å². The van der Waals surface area contributed by atoms with E-state index in [4.69, 9.17) is 0 Å². The summed E-state index contributed by atoms with van der Waals surface area (Å²) in [6.07, 6.45) is 3.83. The van der Waals surface area contributed by atoms with Crippen LogP contribution in [0, 0.1) is 10.5 Å². The van der Waals surface area contributed by atoms with Crippen molar-refractivity contribution in [1.29, 1.82) is 0 Å². The molecular weight excluding hydrogens is 259 g/mol. The van der Waals surface area contributed by atoms with E-state index in [1.807, 2.05) is 0 Å². The fraction of sp³-hybridized carbons (Fsp3) is 0.455. The number of benzene rings is 1. The molecule has 0 radical (unpaired) electrons. The average molecular weight is 274 g/mol. The minimum Gasteiger partial charge on any atom is -0.0654 e. The molecule has 1 aromatic rings. The number of aryl methyl sites for hydroxylation is 2. The molecule has 0 spiro atoms. The standard InChI is InChI=1S/C11H15I/c1-3-4-5-10-6-7-11(12)8-9(10)2/h6-8H,3-5H2,1-2H3. The third kappa shape index (κ3) is 2.77. The lowest BCUT2D eigenvalue weighted by Gasteiger charge is -2.04. The zero-order chi connectivity index (χ0) is 8.97. The van der Waals surface area contributed by atoms with Crippen molar-refractivity contribution in [3.63, 3.8) is 0 Å². The van der Waals surface area contributed by atoms with Gasteiger partial charge in [-0.15, -0.1) is 0 Å². The van der Waals surface area contributed by atoms with Gasteiger partial charge in [0.25, 0.3) is 0 Å². The predicted molar refractivity (Wildman–Crippen MR) is 62.5 cm³/mol. The SMILES string of the molecule is CCCCc1ccc(I)cc1C. The first-order valence-corrected chi connectivity index (χ1v) is 5.57. The Kier molecular flexibility index (Phi) is 4.06. The summed E-state index contributed by atoms with van der Waals surface area (Å²) in [5.74, 6) is 0. The van der Waals surface area contributed by atoms with Crippen LogP contribution in [0.1, 0.15) is 30.9 Å². The van der Waals surface area contributed by atoms with Gasteiger partial charge in [0.15, 0.2) is 0 Å². The molecule has 0 atom stereocenters. The first kappa shape index (κ1) is 10.0. The molecule has 12 heavy (non-hydrogen) atoms. The third-order valence-electron chi connectivity index (χ3n) is 2.10. The molecule has 0 N–H and O–H groups in total. The predicted octanol–water partition coefficient (Wildman–Crippen LogP) is 3.94. The Balaban J connectivity index is 2.72. The Morgan fingerprint density at radius 1 is 1.33 bits per heavy atom. The summed E-state index contributed by atoms with van der Waals surface area (Å²) in [6, 6.07) is 6.71. The molecular formula is C11H15I. The summed E-state index contributed by atoms with van der Waals surface area (Å²) in [5, 5.41) is 0. The van der Waals surface area contributed by atoms with Gasteiger partial charge in [-0.3, -0.25) is 0 Å². The molecule has 1 heteroatoms. The van der Waals surface area contributed by atoms with Gasteiger partial charge in [-0.1, -0.05) is 19.4 Å². The molecule has 1 aromatic carbocycles. The molecule has 0 saturated heterocycles. The number of hydrogen-bond donors (Lipinski definition) is 0. The minimum absolute atomic E-state index is 1.24. The topological polar surface area (TPSA) is 0 Å². The van der Waals surface area contributed by atoms with Crippen LogP contribution in [0.2, 0.25) is 0 Å². The lowest BCUT2D eigenvalue weighted by Crippen LogP contribution is -1.89. The normalized spacial score (nSPS) is 10.2. The summed E-state index contributed by atoms with van der Waals surface area (Å²) in [5.41, 5.74) is 2.95. The smallest absolute Gasteiger partial charge is 0.0133 e. The molecule has 0 heterocycles. The maximum atomic E-state index is 2.36. The summed E-state index contributed by atoms with van der Waals surface area (Å²) in [4.78, 5) is 0. The van der Waals surface area contributed by atoms with Crippen molar-refractivity contribution in [2.45, 2.75) is 33.1 Å². The molecule has 0 fully saturated rings. The minimum atomic E-state index is 1.24. The van der Waals surface area contributed by atoms with Crippen LogP contribution in [0.15, 0.2) is 18.2 Å². The fourth-order valence-electron chi connectivity index (χ4n) is 1.31. The Bertz CT molecular complexity index is 253. The second-order valence-electron chi connectivity index (χ2n) is 3.17. The highest BCUT2D eigenvalue weighted by Gasteiger charge is 1.97. The number of rotatable bonds is 3.